The lowest BCUT2D eigenvalue weighted by Gasteiger charge is -2.19. The van der Waals surface area contributed by atoms with Crippen molar-refractivity contribution in [3.05, 3.63) is 58.1 Å². The van der Waals surface area contributed by atoms with Gasteiger partial charge in [-0.05, 0) is 61.1 Å². The second kappa shape index (κ2) is 5.78. The molecule has 21 heavy (non-hydrogen) atoms. The highest BCUT2D eigenvalue weighted by Gasteiger charge is 2.15. The number of phenols is 1. The molecule has 2 aromatic rings. The van der Waals surface area contributed by atoms with Crippen LogP contribution in [0.1, 0.15) is 34.3 Å². The smallest absolute Gasteiger partial charge is 0.255 e. The van der Waals surface area contributed by atoms with E-state index in [0.717, 1.165) is 24.9 Å². The van der Waals surface area contributed by atoms with Crippen molar-refractivity contribution in [2.75, 3.05) is 5.32 Å². The predicted molar refractivity (Wildman–Crippen MR) is 84.2 cm³/mol. The van der Waals surface area contributed by atoms with E-state index in [1.54, 1.807) is 6.07 Å². The first-order chi connectivity index (χ1) is 10.1. The molecule has 0 heterocycles. The summed E-state index contributed by atoms with van der Waals surface area (Å²) in [6.45, 7) is 0. The summed E-state index contributed by atoms with van der Waals surface area (Å²) in [4.78, 5) is 12.3. The Bertz CT molecular complexity index is 697. The fourth-order valence-corrected chi connectivity index (χ4v) is 2.92. The Labute approximate surface area is 128 Å². The number of hydrogen-bond acceptors (Lipinski definition) is 2. The van der Waals surface area contributed by atoms with E-state index in [1.165, 1.54) is 29.7 Å². The zero-order valence-corrected chi connectivity index (χ0v) is 12.3. The van der Waals surface area contributed by atoms with E-state index < -0.39 is 0 Å². The van der Waals surface area contributed by atoms with Crippen LogP contribution in [0.3, 0.4) is 0 Å². The lowest BCUT2D eigenvalue weighted by molar-refractivity contribution is 0.102. The maximum atomic E-state index is 12.3. The van der Waals surface area contributed by atoms with Gasteiger partial charge in [0.05, 0.1) is 5.02 Å². The molecular formula is C17H16ClNO2. The molecule has 3 nitrogen and oxygen atoms in total. The molecule has 0 saturated carbocycles. The number of aryl methyl sites for hydroxylation is 1. The highest BCUT2D eigenvalue weighted by molar-refractivity contribution is 6.32. The topological polar surface area (TPSA) is 49.3 Å². The average molecular weight is 302 g/mol. The van der Waals surface area contributed by atoms with Crippen LogP contribution in [0.4, 0.5) is 5.69 Å². The molecule has 1 aliphatic carbocycles. The molecule has 2 aromatic carbocycles. The predicted octanol–water partition coefficient (Wildman–Crippen LogP) is 4.18. The third-order valence-electron chi connectivity index (χ3n) is 3.85. The van der Waals surface area contributed by atoms with Crippen LogP contribution in [-0.4, -0.2) is 11.0 Å². The van der Waals surface area contributed by atoms with E-state index in [1.807, 2.05) is 12.1 Å². The molecule has 2 N–H and O–H groups in total. The van der Waals surface area contributed by atoms with Crippen molar-refractivity contribution < 1.29 is 9.90 Å². The number of amides is 1. The first-order valence-corrected chi connectivity index (χ1v) is 7.43. The van der Waals surface area contributed by atoms with E-state index >= 15 is 0 Å². The number of benzene rings is 2. The molecule has 0 fully saturated rings. The molecule has 3 rings (SSSR count). The monoisotopic (exact) mass is 301 g/mol. The molecule has 0 aromatic heterocycles. The van der Waals surface area contributed by atoms with Crippen molar-refractivity contribution in [1.29, 1.82) is 0 Å². The van der Waals surface area contributed by atoms with Gasteiger partial charge in [0, 0.05) is 11.3 Å². The third-order valence-corrected chi connectivity index (χ3v) is 4.16. The molecule has 1 aliphatic rings. The SMILES string of the molecule is O=C(Nc1cccc2c1CCCC2)c1ccc(O)c(Cl)c1. The number of fused-ring (bicyclic) bond motifs is 1. The number of phenolic OH excluding ortho intramolecular Hbond substituents is 1. The van der Waals surface area contributed by atoms with Crippen LogP contribution in [0.25, 0.3) is 0 Å². The van der Waals surface area contributed by atoms with Crippen molar-refractivity contribution in [3.8, 4) is 5.75 Å². The van der Waals surface area contributed by atoms with Crippen molar-refractivity contribution in [1.82, 2.24) is 0 Å². The van der Waals surface area contributed by atoms with E-state index in [-0.39, 0.29) is 16.7 Å². The molecule has 0 radical (unpaired) electrons. The maximum absolute atomic E-state index is 12.3. The standard InChI is InChI=1S/C17H16ClNO2/c18-14-10-12(8-9-16(14)20)17(21)19-15-7-3-5-11-4-1-2-6-13(11)15/h3,5,7-10,20H,1-2,4,6H2,(H,19,21). The van der Waals surface area contributed by atoms with E-state index in [9.17, 15) is 9.90 Å². The number of halogens is 1. The third kappa shape index (κ3) is 2.88. The minimum Gasteiger partial charge on any atom is -0.506 e. The zero-order chi connectivity index (χ0) is 14.8. The van der Waals surface area contributed by atoms with Gasteiger partial charge in [0.25, 0.3) is 5.91 Å². The highest BCUT2D eigenvalue weighted by atomic mass is 35.5. The van der Waals surface area contributed by atoms with Gasteiger partial charge in [-0.25, -0.2) is 0 Å². The Morgan fingerprint density at radius 2 is 1.95 bits per heavy atom. The number of anilines is 1. The maximum Gasteiger partial charge on any atom is 0.255 e. The van der Waals surface area contributed by atoms with Crippen LogP contribution in [0, 0.1) is 0 Å². The molecule has 4 heteroatoms. The molecule has 108 valence electrons. The van der Waals surface area contributed by atoms with Gasteiger partial charge in [-0.3, -0.25) is 4.79 Å². The summed E-state index contributed by atoms with van der Waals surface area (Å²) >= 11 is 5.85. The molecule has 0 spiro atoms. The second-order valence-electron chi connectivity index (χ2n) is 5.27. The summed E-state index contributed by atoms with van der Waals surface area (Å²) in [6, 6.07) is 10.5. The van der Waals surface area contributed by atoms with Gasteiger partial charge in [0.15, 0.2) is 0 Å². The number of carbonyl (C=O) groups is 1. The van der Waals surface area contributed by atoms with Crippen LogP contribution in [-0.2, 0) is 12.8 Å². The Morgan fingerprint density at radius 1 is 1.14 bits per heavy atom. The molecule has 0 atom stereocenters. The van der Waals surface area contributed by atoms with Gasteiger partial charge in [0.2, 0.25) is 0 Å². The number of rotatable bonds is 2. The normalized spacial score (nSPS) is 13.6. The van der Waals surface area contributed by atoms with Crippen LogP contribution in [0.5, 0.6) is 5.75 Å². The summed E-state index contributed by atoms with van der Waals surface area (Å²) in [7, 11) is 0. The van der Waals surface area contributed by atoms with Gasteiger partial charge in [-0.2, -0.15) is 0 Å². The van der Waals surface area contributed by atoms with E-state index in [0.29, 0.717) is 5.56 Å². The zero-order valence-electron chi connectivity index (χ0n) is 11.5. The highest BCUT2D eigenvalue weighted by Crippen LogP contribution is 2.29. The summed E-state index contributed by atoms with van der Waals surface area (Å²) in [6.07, 6.45) is 4.44. The first kappa shape index (κ1) is 14.0. The molecule has 1 amide bonds. The van der Waals surface area contributed by atoms with Gasteiger partial charge in [-0.15, -0.1) is 0 Å². The average Bonchev–Trinajstić information content (AvgIpc) is 2.50. The minimum absolute atomic E-state index is 0.0229. The first-order valence-electron chi connectivity index (χ1n) is 7.06. The summed E-state index contributed by atoms with van der Waals surface area (Å²) in [5.41, 5.74) is 3.87. The van der Waals surface area contributed by atoms with Gasteiger partial charge < -0.3 is 10.4 Å². The molecule has 0 aliphatic heterocycles. The van der Waals surface area contributed by atoms with Gasteiger partial charge in [0.1, 0.15) is 5.75 Å². The largest absolute Gasteiger partial charge is 0.506 e. The number of aromatic hydroxyl groups is 1. The second-order valence-corrected chi connectivity index (χ2v) is 5.68. The summed E-state index contributed by atoms with van der Waals surface area (Å²) < 4.78 is 0. The Balaban J connectivity index is 1.86. The summed E-state index contributed by atoms with van der Waals surface area (Å²) in [5, 5.41) is 12.5. The molecule has 0 saturated heterocycles. The van der Waals surface area contributed by atoms with Crippen molar-refractivity contribution in [3.63, 3.8) is 0 Å². The Kier molecular flexibility index (Phi) is 3.84. The molecule has 0 bridgehead atoms. The molecular weight excluding hydrogens is 286 g/mol. The summed E-state index contributed by atoms with van der Waals surface area (Å²) in [5.74, 6) is -0.235. The fraction of sp³-hybridized carbons (Fsp3) is 0.235. The van der Waals surface area contributed by atoms with Crippen molar-refractivity contribution in [2.24, 2.45) is 0 Å². The minimum atomic E-state index is -0.212. The van der Waals surface area contributed by atoms with Crippen LogP contribution >= 0.6 is 11.6 Å². The van der Waals surface area contributed by atoms with E-state index in [4.69, 9.17) is 11.6 Å². The lowest BCUT2D eigenvalue weighted by atomic mass is 9.90. The quantitative estimate of drug-likeness (QED) is 0.874. The number of carbonyl (C=O) groups excluding carboxylic acids is 1. The molecule has 0 unspecified atom stereocenters. The van der Waals surface area contributed by atoms with Crippen LogP contribution in [0.15, 0.2) is 36.4 Å². The number of hydrogen-bond donors (Lipinski definition) is 2. The Hall–Kier alpha value is -2.00. The Morgan fingerprint density at radius 3 is 2.76 bits per heavy atom. The van der Waals surface area contributed by atoms with Crippen molar-refractivity contribution in [2.45, 2.75) is 25.7 Å². The van der Waals surface area contributed by atoms with Gasteiger partial charge in [-0.1, -0.05) is 23.7 Å². The van der Waals surface area contributed by atoms with Crippen molar-refractivity contribution >= 4 is 23.2 Å². The lowest BCUT2D eigenvalue weighted by Crippen LogP contribution is -2.15. The van der Waals surface area contributed by atoms with E-state index in [2.05, 4.69) is 11.4 Å². The van der Waals surface area contributed by atoms with Crippen LogP contribution in [0.2, 0.25) is 5.02 Å². The fourth-order valence-electron chi connectivity index (χ4n) is 2.74. The number of nitrogens with one attached hydrogen (secondary N) is 1. The van der Waals surface area contributed by atoms with Crippen LogP contribution < -0.4 is 5.32 Å². The van der Waals surface area contributed by atoms with Gasteiger partial charge >= 0.3 is 0 Å².